The van der Waals surface area contributed by atoms with Crippen molar-refractivity contribution in [2.75, 3.05) is 13.9 Å². The highest BCUT2D eigenvalue weighted by atomic mass is 31.1. The van der Waals surface area contributed by atoms with Gasteiger partial charge >= 0.3 is 0 Å². The molecule has 0 amide bonds. The Hall–Kier alpha value is -2.97. The second kappa shape index (κ2) is 14.6. The lowest BCUT2D eigenvalue weighted by atomic mass is 9.85. The molecular formula is C36H43O3P. The molecule has 3 nitrogen and oxygen atoms in total. The third kappa shape index (κ3) is 7.40. The first kappa shape index (κ1) is 30.0. The second-order valence-electron chi connectivity index (χ2n) is 10.6. The molecule has 3 atom stereocenters. The van der Waals surface area contributed by atoms with Crippen molar-refractivity contribution in [3.8, 4) is 5.75 Å². The van der Waals surface area contributed by atoms with Gasteiger partial charge in [0.1, 0.15) is 5.75 Å². The summed E-state index contributed by atoms with van der Waals surface area (Å²) >= 11 is 0. The molecular weight excluding hydrogens is 511 g/mol. The Morgan fingerprint density at radius 3 is 2.02 bits per heavy atom. The van der Waals surface area contributed by atoms with Gasteiger partial charge in [-0.3, -0.25) is 0 Å². The lowest BCUT2D eigenvalue weighted by Crippen LogP contribution is -2.26. The van der Waals surface area contributed by atoms with Gasteiger partial charge in [-0.1, -0.05) is 126 Å². The smallest absolute Gasteiger partial charge is 0.188 e. The van der Waals surface area contributed by atoms with Gasteiger partial charge in [-0.2, -0.15) is 0 Å². The largest absolute Gasteiger partial charge is 0.467 e. The van der Waals surface area contributed by atoms with E-state index in [-0.39, 0.29) is 11.9 Å². The summed E-state index contributed by atoms with van der Waals surface area (Å²) in [5.41, 5.74) is 7.30. The van der Waals surface area contributed by atoms with E-state index >= 15 is 0 Å². The molecule has 210 valence electrons. The Balaban J connectivity index is 1.93. The first-order valence-corrected chi connectivity index (χ1v) is 15.4. The maximum Gasteiger partial charge on any atom is 0.188 e. The van der Waals surface area contributed by atoms with Crippen LogP contribution in [0.4, 0.5) is 0 Å². The Morgan fingerprint density at radius 1 is 0.800 bits per heavy atom. The van der Waals surface area contributed by atoms with Crippen LogP contribution in [-0.2, 0) is 22.7 Å². The lowest BCUT2D eigenvalue weighted by molar-refractivity contribution is 0.0492. The van der Waals surface area contributed by atoms with E-state index in [1.165, 1.54) is 33.1 Å². The number of hydrogen-bond acceptors (Lipinski definition) is 3. The predicted molar refractivity (Wildman–Crippen MR) is 169 cm³/mol. The van der Waals surface area contributed by atoms with Crippen LogP contribution in [0.1, 0.15) is 79.5 Å². The van der Waals surface area contributed by atoms with Crippen LogP contribution in [0.15, 0.2) is 97.1 Å². The number of methoxy groups -OCH3 is 1. The third-order valence-electron chi connectivity index (χ3n) is 7.62. The first-order valence-electron chi connectivity index (χ1n) is 14.4. The Bertz CT molecular complexity index is 1340. The molecule has 0 spiro atoms. The highest BCUT2D eigenvalue weighted by molar-refractivity contribution is 7.48. The Kier molecular flexibility index (Phi) is 10.9. The fourth-order valence-electron chi connectivity index (χ4n) is 5.66. The molecule has 0 aliphatic carbocycles. The summed E-state index contributed by atoms with van der Waals surface area (Å²) in [4.78, 5) is 0. The fourth-order valence-corrected chi connectivity index (χ4v) is 7.66. The zero-order valence-electron chi connectivity index (χ0n) is 24.3. The number of rotatable bonds is 14. The third-order valence-corrected chi connectivity index (χ3v) is 9.69. The average Bonchev–Trinajstić information content (AvgIpc) is 2.97. The van der Waals surface area contributed by atoms with Crippen molar-refractivity contribution in [2.45, 2.75) is 64.1 Å². The highest BCUT2D eigenvalue weighted by Crippen LogP contribution is 2.52. The molecule has 4 rings (SSSR count). The topological polar surface area (TPSA) is 38.7 Å². The van der Waals surface area contributed by atoms with Gasteiger partial charge in [0.05, 0.1) is 6.10 Å². The van der Waals surface area contributed by atoms with Crippen LogP contribution in [0.5, 0.6) is 5.75 Å². The van der Waals surface area contributed by atoms with E-state index in [1.807, 2.05) is 13.0 Å². The zero-order valence-corrected chi connectivity index (χ0v) is 25.3. The molecule has 0 heterocycles. The summed E-state index contributed by atoms with van der Waals surface area (Å²) in [6, 6.07) is 34.4. The van der Waals surface area contributed by atoms with Gasteiger partial charge < -0.3 is 14.6 Å². The maximum atomic E-state index is 10.6. The molecule has 0 radical (unpaired) electrons. The average molecular weight is 555 g/mol. The highest BCUT2D eigenvalue weighted by Gasteiger charge is 2.35. The van der Waals surface area contributed by atoms with Gasteiger partial charge in [0.15, 0.2) is 6.79 Å². The second-order valence-corrected chi connectivity index (χ2v) is 12.3. The van der Waals surface area contributed by atoms with Crippen LogP contribution >= 0.6 is 8.58 Å². The van der Waals surface area contributed by atoms with Crippen molar-refractivity contribution < 1.29 is 14.6 Å². The molecule has 0 aliphatic heterocycles. The van der Waals surface area contributed by atoms with E-state index in [0.29, 0.717) is 8.58 Å². The van der Waals surface area contributed by atoms with Gasteiger partial charge in [-0.05, 0) is 59.3 Å². The number of benzene rings is 4. The summed E-state index contributed by atoms with van der Waals surface area (Å²) < 4.78 is 12.0. The predicted octanol–water partition coefficient (Wildman–Crippen LogP) is 8.31. The van der Waals surface area contributed by atoms with Gasteiger partial charge in [-0.25, -0.2) is 0 Å². The minimum Gasteiger partial charge on any atom is -0.467 e. The first-order chi connectivity index (χ1) is 19.5. The molecule has 0 aliphatic rings. The quantitative estimate of drug-likeness (QED) is 0.126. The summed E-state index contributed by atoms with van der Waals surface area (Å²) in [5, 5.41) is 11.7. The standard InChI is InChI=1S/C36H43O3P/c1-5-21-36(6-2,40-34-20-14-13-19-32(34)27(3)37)33-25-30(22-28-15-9-7-10-16-28)24-31(35(33)39-26-38-4)23-29-17-11-8-12-18-29/h7-20,24-25,27,37,40H,5-6,21-23,26H2,1-4H3. The van der Waals surface area contributed by atoms with Crippen molar-refractivity contribution in [1.29, 1.82) is 0 Å². The van der Waals surface area contributed by atoms with E-state index in [0.717, 1.165) is 43.4 Å². The van der Waals surface area contributed by atoms with E-state index < -0.39 is 6.10 Å². The molecule has 4 aromatic carbocycles. The molecule has 0 bridgehead atoms. The number of aliphatic hydroxyl groups is 1. The van der Waals surface area contributed by atoms with Crippen LogP contribution < -0.4 is 10.0 Å². The Labute approximate surface area is 242 Å². The van der Waals surface area contributed by atoms with Gasteiger partial charge in [0, 0.05) is 24.3 Å². The minimum absolute atomic E-state index is 0.138. The number of ether oxygens (including phenoxy) is 2. The van der Waals surface area contributed by atoms with Crippen LogP contribution in [0.3, 0.4) is 0 Å². The van der Waals surface area contributed by atoms with E-state index in [2.05, 4.69) is 105 Å². The zero-order chi connectivity index (χ0) is 28.4. The summed E-state index contributed by atoms with van der Waals surface area (Å²) in [5.74, 6) is 0.944. The summed E-state index contributed by atoms with van der Waals surface area (Å²) in [7, 11) is 2.17. The van der Waals surface area contributed by atoms with Crippen LogP contribution in [0, 0.1) is 0 Å². The maximum absolute atomic E-state index is 10.6. The normalized spacial score (nSPS) is 13.8. The van der Waals surface area contributed by atoms with Crippen LogP contribution in [0.2, 0.25) is 0 Å². The molecule has 1 N–H and O–H groups in total. The molecule has 4 heteroatoms. The SMILES string of the molecule is CCCC(CC)(Pc1ccccc1C(C)O)c1cc(Cc2ccccc2)cc(Cc2ccccc2)c1OCOC. The summed E-state index contributed by atoms with van der Waals surface area (Å²) in [6.07, 6.45) is 4.18. The molecule has 0 aromatic heterocycles. The van der Waals surface area contributed by atoms with Crippen molar-refractivity contribution in [3.63, 3.8) is 0 Å². The monoisotopic (exact) mass is 554 g/mol. The van der Waals surface area contributed by atoms with Gasteiger partial charge in [0.2, 0.25) is 0 Å². The van der Waals surface area contributed by atoms with Crippen molar-refractivity contribution >= 4 is 13.9 Å². The molecule has 40 heavy (non-hydrogen) atoms. The van der Waals surface area contributed by atoms with E-state index in [1.54, 1.807) is 7.11 Å². The lowest BCUT2D eigenvalue weighted by Gasteiger charge is -2.37. The van der Waals surface area contributed by atoms with Gasteiger partial charge in [0.25, 0.3) is 0 Å². The van der Waals surface area contributed by atoms with Crippen LogP contribution in [-0.4, -0.2) is 19.0 Å². The van der Waals surface area contributed by atoms with Crippen LogP contribution in [0.25, 0.3) is 0 Å². The fraction of sp³-hybridized carbons (Fsp3) is 0.333. The number of hydrogen-bond donors (Lipinski definition) is 1. The minimum atomic E-state index is -0.512. The van der Waals surface area contributed by atoms with E-state index in [4.69, 9.17) is 9.47 Å². The molecule has 0 saturated heterocycles. The Morgan fingerprint density at radius 2 is 1.43 bits per heavy atom. The number of aliphatic hydroxyl groups excluding tert-OH is 1. The van der Waals surface area contributed by atoms with Crippen molar-refractivity contribution in [2.24, 2.45) is 0 Å². The molecule has 0 fully saturated rings. The molecule has 0 saturated carbocycles. The molecule has 3 unspecified atom stereocenters. The molecule has 4 aromatic rings. The van der Waals surface area contributed by atoms with E-state index in [9.17, 15) is 5.11 Å². The van der Waals surface area contributed by atoms with Crippen molar-refractivity contribution in [3.05, 3.63) is 130 Å². The van der Waals surface area contributed by atoms with Crippen molar-refractivity contribution in [1.82, 2.24) is 0 Å². The summed E-state index contributed by atoms with van der Waals surface area (Å²) in [6.45, 7) is 6.63. The van der Waals surface area contributed by atoms with Gasteiger partial charge in [-0.15, -0.1) is 0 Å².